The molecule has 0 saturated heterocycles. The molecule has 0 fully saturated rings. The van der Waals surface area contributed by atoms with E-state index in [0.717, 1.165) is 3.57 Å². The number of rotatable bonds is 2. The molecule has 0 aliphatic rings. The van der Waals surface area contributed by atoms with Crippen molar-refractivity contribution in [2.75, 3.05) is 5.32 Å². The smallest absolute Gasteiger partial charge is 0.744 e. The van der Waals surface area contributed by atoms with Crippen molar-refractivity contribution in [2.45, 2.75) is 11.8 Å². The summed E-state index contributed by atoms with van der Waals surface area (Å²) in [6, 6.07) is 4.08. The molecule has 0 bridgehead atoms. The van der Waals surface area contributed by atoms with Gasteiger partial charge < -0.3 is 9.87 Å². The molecule has 1 aromatic carbocycles. The number of halogens is 1. The average molecular weight is 363 g/mol. The van der Waals surface area contributed by atoms with Crippen LogP contribution in [-0.4, -0.2) is 18.9 Å². The summed E-state index contributed by atoms with van der Waals surface area (Å²) in [5.41, 5.74) is 0.0180. The largest absolute Gasteiger partial charge is 1.00 e. The molecule has 0 atom stereocenters. The van der Waals surface area contributed by atoms with Crippen molar-refractivity contribution in [1.82, 2.24) is 0 Å². The summed E-state index contributed by atoms with van der Waals surface area (Å²) in [5.74, 6) is -0.429. The number of amides is 1. The Labute approximate surface area is 129 Å². The second-order valence-electron chi connectivity index (χ2n) is 2.78. The Bertz CT molecular complexity index is 503. The molecular formula is C8H7INNaO4S. The summed E-state index contributed by atoms with van der Waals surface area (Å²) in [7, 11) is -4.56. The summed E-state index contributed by atoms with van der Waals surface area (Å²) in [6.07, 6.45) is 0. The first-order chi connectivity index (χ1) is 6.80. The second-order valence-corrected chi connectivity index (χ2v) is 5.37. The predicted molar refractivity (Wildman–Crippen MR) is 61.4 cm³/mol. The van der Waals surface area contributed by atoms with Gasteiger partial charge in [-0.1, -0.05) is 0 Å². The zero-order valence-corrected chi connectivity index (χ0v) is 13.6. The summed E-state index contributed by atoms with van der Waals surface area (Å²) < 4.78 is 33.2. The molecule has 0 saturated carbocycles. The SMILES string of the molecule is CC(=O)Nc1cc(I)ccc1S(=O)(=O)[O-].[Na+]. The van der Waals surface area contributed by atoms with E-state index in [0.29, 0.717) is 0 Å². The Morgan fingerprint density at radius 3 is 2.44 bits per heavy atom. The first kappa shape index (κ1) is 16.3. The van der Waals surface area contributed by atoms with Crippen molar-refractivity contribution < 1.29 is 47.3 Å². The van der Waals surface area contributed by atoms with Crippen molar-refractivity contribution in [3.63, 3.8) is 0 Å². The molecule has 0 aliphatic carbocycles. The maximum absolute atomic E-state index is 10.8. The number of carbonyl (C=O) groups is 1. The Kier molecular flexibility index (Phi) is 6.44. The van der Waals surface area contributed by atoms with Crippen LogP contribution in [-0.2, 0) is 14.9 Å². The number of hydrogen-bond acceptors (Lipinski definition) is 4. The number of anilines is 1. The van der Waals surface area contributed by atoms with E-state index in [1.165, 1.54) is 25.1 Å². The van der Waals surface area contributed by atoms with E-state index in [9.17, 15) is 17.8 Å². The van der Waals surface area contributed by atoms with Crippen LogP contribution in [0.25, 0.3) is 0 Å². The first-order valence-corrected chi connectivity index (χ1v) is 6.32. The van der Waals surface area contributed by atoms with Gasteiger partial charge in [0.2, 0.25) is 5.91 Å². The minimum absolute atomic E-state index is 0. The fourth-order valence-corrected chi connectivity index (χ4v) is 2.11. The molecule has 16 heavy (non-hydrogen) atoms. The van der Waals surface area contributed by atoms with Crippen molar-refractivity contribution >= 4 is 44.3 Å². The molecule has 82 valence electrons. The monoisotopic (exact) mass is 363 g/mol. The minimum Gasteiger partial charge on any atom is -0.744 e. The van der Waals surface area contributed by atoms with Gasteiger partial charge in [0.05, 0.1) is 10.6 Å². The van der Waals surface area contributed by atoms with Gasteiger partial charge in [0.15, 0.2) is 0 Å². The van der Waals surface area contributed by atoms with Gasteiger partial charge in [0.1, 0.15) is 10.1 Å². The normalized spacial score (nSPS) is 10.4. The molecule has 0 heterocycles. The van der Waals surface area contributed by atoms with Gasteiger partial charge in [-0.25, -0.2) is 8.42 Å². The van der Waals surface area contributed by atoms with Crippen molar-refractivity contribution in [3.05, 3.63) is 21.8 Å². The summed E-state index contributed by atoms with van der Waals surface area (Å²) in [6.45, 7) is 1.24. The second kappa shape index (κ2) is 6.31. The molecule has 0 radical (unpaired) electrons. The summed E-state index contributed by atoms with van der Waals surface area (Å²) >= 11 is 1.95. The van der Waals surface area contributed by atoms with Crippen molar-refractivity contribution in [3.8, 4) is 0 Å². The molecule has 0 aromatic heterocycles. The van der Waals surface area contributed by atoms with Gasteiger partial charge in [-0.3, -0.25) is 4.79 Å². The van der Waals surface area contributed by atoms with Crippen LogP contribution < -0.4 is 34.9 Å². The van der Waals surface area contributed by atoms with Crippen molar-refractivity contribution in [1.29, 1.82) is 0 Å². The van der Waals surface area contributed by atoms with E-state index >= 15 is 0 Å². The number of nitrogens with one attached hydrogen (secondary N) is 1. The van der Waals surface area contributed by atoms with Crippen LogP contribution in [0.4, 0.5) is 5.69 Å². The molecule has 0 aliphatic heterocycles. The maximum Gasteiger partial charge on any atom is 1.00 e. The van der Waals surface area contributed by atoms with E-state index in [4.69, 9.17) is 0 Å². The van der Waals surface area contributed by atoms with Gasteiger partial charge in [0, 0.05) is 10.5 Å². The van der Waals surface area contributed by atoms with E-state index in [2.05, 4.69) is 5.32 Å². The number of hydrogen-bond donors (Lipinski definition) is 1. The standard InChI is InChI=1S/C8H8INO4S.Na/c1-5(11)10-7-4-6(9)2-3-8(7)15(12,13)14;/h2-4H,1H3,(H,10,11)(H,12,13,14);/q;+1/p-1. The minimum atomic E-state index is -4.56. The Hall–Kier alpha value is 0.330. The van der Waals surface area contributed by atoms with Gasteiger partial charge >= 0.3 is 29.6 Å². The third-order valence-electron chi connectivity index (χ3n) is 1.52. The summed E-state index contributed by atoms with van der Waals surface area (Å²) in [4.78, 5) is 10.4. The Balaban J connectivity index is 0.00000225. The molecular weight excluding hydrogens is 356 g/mol. The Morgan fingerprint density at radius 1 is 1.44 bits per heavy atom. The van der Waals surface area contributed by atoms with Crippen LogP contribution in [0.15, 0.2) is 23.1 Å². The maximum atomic E-state index is 10.8. The zero-order valence-electron chi connectivity index (χ0n) is 8.65. The van der Waals surface area contributed by atoms with E-state index in [-0.39, 0.29) is 35.2 Å². The average Bonchev–Trinajstić information content (AvgIpc) is 1.99. The molecule has 8 heteroatoms. The van der Waals surface area contributed by atoms with Crippen LogP contribution in [0.2, 0.25) is 0 Å². The van der Waals surface area contributed by atoms with Crippen LogP contribution in [0.1, 0.15) is 6.92 Å². The topological polar surface area (TPSA) is 86.3 Å². The summed E-state index contributed by atoms with van der Waals surface area (Å²) in [5, 5.41) is 2.30. The fraction of sp³-hybridized carbons (Fsp3) is 0.125. The van der Waals surface area contributed by atoms with E-state index in [1.807, 2.05) is 22.6 Å². The molecule has 1 aromatic rings. The third kappa shape index (κ3) is 4.68. The van der Waals surface area contributed by atoms with Gasteiger partial charge in [-0.05, 0) is 40.8 Å². The first-order valence-electron chi connectivity index (χ1n) is 3.84. The molecule has 5 nitrogen and oxygen atoms in total. The van der Waals surface area contributed by atoms with Crippen molar-refractivity contribution in [2.24, 2.45) is 0 Å². The van der Waals surface area contributed by atoms with Gasteiger partial charge in [0.25, 0.3) is 0 Å². The number of benzene rings is 1. The molecule has 0 unspecified atom stereocenters. The van der Waals surface area contributed by atoms with Gasteiger partial charge in [-0.15, -0.1) is 0 Å². The van der Waals surface area contributed by atoms with Crippen LogP contribution in [0, 0.1) is 3.57 Å². The fourth-order valence-electron chi connectivity index (χ4n) is 1.01. The molecule has 1 rings (SSSR count). The molecule has 1 N–H and O–H groups in total. The van der Waals surface area contributed by atoms with Crippen LogP contribution >= 0.6 is 22.6 Å². The van der Waals surface area contributed by atoms with E-state index < -0.39 is 20.9 Å². The molecule has 1 amide bonds. The predicted octanol–water partition coefficient (Wildman–Crippen LogP) is -1.84. The molecule has 0 spiro atoms. The van der Waals surface area contributed by atoms with Crippen LogP contribution in [0.5, 0.6) is 0 Å². The Morgan fingerprint density at radius 2 is 2.00 bits per heavy atom. The quantitative estimate of drug-likeness (QED) is 0.380. The van der Waals surface area contributed by atoms with Crippen LogP contribution in [0.3, 0.4) is 0 Å². The third-order valence-corrected chi connectivity index (χ3v) is 3.09. The van der Waals surface area contributed by atoms with Gasteiger partial charge in [-0.2, -0.15) is 0 Å². The number of carbonyl (C=O) groups excluding carboxylic acids is 1. The zero-order chi connectivity index (χ0) is 11.6. The van der Waals surface area contributed by atoms with E-state index in [1.54, 1.807) is 0 Å².